The number of amides is 2. The van der Waals surface area contributed by atoms with Crippen LogP contribution in [-0.4, -0.2) is 80.1 Å². The number of nitrogens with one attached hydrogen (secondary N) is 1. The van der Waals surface area contributed by atoms with Crippen LogP contribution in [0, 0.1) is 0 Å². The zero-order chi connectivity index (χ0) is 26.7. The number of aromatic nitrogens is 1. The van der Waals surface area contributed by atoms with Crippen LogP contribution < -0.4 is 10.1 Å². The minimum Gasteiger partial charge on any atom is -0.357 e. The standard InChI is InChI=1S/C25H30ClN5O4S2/c1-27-24(33)22-15-30(14-20-16-36-25(28-2)29(20)3)9-10-31(22)23(32)8-11-37(34,35)21-7-5-17-12-19(26)6-4-18(17)13-21/h4-7,12-13,16,22H,8-11,14-15H2,1-3H3,(H,27,33)/b28-25-. The fourth-order valence-corrected chi connectivity index (χ4v) is 6.82. The molecule has 1 atom stereocenters. The third-order valence-electron chi connectivity index (χ3n) is 6.65. The van der Waals surface area contributed by atoms with Crippen LogP contribution in [-0.2, 0) is 33.0 Å². The summed E-state index contributed by atoms with van der Waals surface area (Å²) in [5.41, 5.74) is 1.07. The Bertz CT molecular complexity index is 1500. The quantitative estimate of drug-likeness (QED) is 0.474. The van der Waals surface area contributed by atoms with E-state index >= 15 is 0 Å². The lowest BCUT2D eigenvalue weighted by Gasteiger charge is -2.40. The summed E-state index contributed by atoms with van der Waals surface area (Å²) in [6.07, 6.45) is -0.199. The van der Waals surface area contributed by atoms with Gasteiger partial charge in [-0.25, -0.2) is 8.42 Å². The Balaban J connectivity index is 1.44. The highest BCUT2D eigenvalue weighted by Crippen LogP contribution is 2.24. The smallest absolute Gasteiger partial charge is 0.243 e. The zero-order valence-corrected chi connectivity index (χ0v) is 23.4. The second-order valence-corrected chi connectivity index (χ2v) is 12.3. The Labute approximate surface area is 225 Å². The second kappa shape index (κ2) is 11.3. The molecule has 0 aliphatic carbocycles. The number of halogens is 1. The molecule has 4 rings (SSSR count). The van der Waals surface area contributed by atoms with Gasteiger partial charge in [0, 0.05) is 69.8 Å². The van der Waals surface area contributed by atoms with Crippen LogP contribution in [0.2, 0.25) is 5.02 Å². The molecule has 2 heterocycles. The van der Waals surface area contributed by atoms with E-state index < -0.39 is 15.9 Å². The molecule has 37 heavy (non-hydrogen) atoms. The van der Waals surface area contributed by atoms with Gasteiger partial charge in [0.15, 0.2) is 14.6 Å². The van der Waals surface area contributed by atoms with E-state index in [0.717, 1.165) is 21.3 Å². The maximum atomic E-state index is 13.2. The third kappa shape index (κ3) is 6.06. The number of sulfone groups is 1. The van der Waals surface area contributed by atoms with Crippen molar-refractivity contribution in [3.05, 3.63) is 57.3 Å². The van der Waals surface area contributed by atoms with Crippen LogP contribution in [0.1, 0.15) is 12.1 Å². The molecule has 1 aliphatic rings. The van der Waals surface area contributed by atoms with Crippen molar-refractivity contribution in [1.29, 1.82) is 0 Å². The molecule has 2 amide bonds. The summed E-state index contributed by atoms with van der Waals surface area (Å²) < 4.78 is 28.1. The zero-order valence-electron chi connectivity index (χ0n) is 21.0. The largest absolute Gasteiger partial charge is 0.357 e. The van der Waals surface area contributed by atoms with E-state index in [1.165, 1.54) is 18.0 Å². The molecule has 1 unspecified atom stereocenters. The predicted octanol–water partition coefficient (Wildman–Crippen LogP) is 2.05. The first-order valence-electron chi connectivity index (χ1n) is 11.8. The molecule has 3 aromatic rings. The van der Waals surface area contributed by atoms with Crippen LogP contribution >= 0.6 is 22.9 Å². The highest BCUT2D eigenvalue weighted by atomic mass is 35.5. The molecule has 0 radical (unpaired) electrons. The van der Waals surface area contributed by atoms with Gasteiger partial charge in [-0.2, -0.15) is 0 Å². The molecule has 0 saturated carbocycles. The summed E-state index contributed by atoms with van der Waals surface area (Å²) in [6.45, 7) is 1.90. The Hall–Kier alpha value is -2.73. The minimum atomic E-state index is -3.70. The van der Waals surface area contributed by atoms with E-state index in [0.29, 0.717) is 31.2 Å². The fraction of sp³-hybridized carbons (Fsp3) is 0.400. The molecule has 1 aromatic heterocycles. The van der Waals surface area contributed by atoms with E-state index in [4.69, 9.17) is 11.6 Å². The molecule has 1 N–H and O–H groups in total. The summed E-state index contributed by atoms with van der Waals surface area (Å²) in [7, 11) is 1.54. The van der Waals surface area contributed by atoms with Crippen molar-refractivity contribution in [3.8, 4) is 0 Å². The number of benzene rings is 2. The molecule has 198 valence electrons. The number of rotatable bonds is 7. The van der Waals surface area contributed by atoms with Crippen LogP contribution in [0.25, 0.3) is 10.8 Å². The van der Waals surface area contributed by atoms with Gasteiger partial charge in [-0.15, -0.1) is 11.3 Å². The highest BCUT2D eigenvalue weighted by molar-refractivity contribution is 7.91. The lowest BCUT2D eigenvalue weighted by atomic mass is 10.1. The Kier molecular flexibility index (Phi) is 8.37. The molecule has 0 spiro atoms. The summed E-state index contributed by atoms with van der Waals surface area (Å²) in [6, 6.07) is 9.39. The van der Waals surface area contributed by atoms with Crippen LogP contribution in [0.4, 0.5) is 0 Å². The van der Waals surface area contributed by atoms with E-state index in [1.807, 2.05) is 17.0 Å². The first kappa shape index (κ1) is 27.3. The molecular weight excluding hydrogens is 534 g/mol. The van der Waals surface area contributed by atoms with Crippen LogP contribution in [0.15, 0.2) is 51.7 Å². The first-order valence-corrected chi connectivity index (χ1v) is 14.8. The molecule has 9 nitrogen and oxygen atoms in total. The first-order chi connectivity index (χ1) is 17.6. The molecule has 1 aliphatic heterocycles. The number of carbonyl (C=O) groups is 2. The SMILES string of the molecule is C/N=c1\scc(CN2CCN(C(=O)CCS(=O)(=O)c3ccc4cc(Cl)ccc4c3)C(C(=O)NC)C2)n1C. The second-order valence-electron chi connectivity index (χ2n) is 8.97. The van der Waals surface area contributed by atoms with Gasteiger partial charge in [0.1, 0.15) is 6.04 Å². The Morgan fingerprint density at radius 2 is 1.89 bits per heavy atom. The molecule has 1 fully saturated rings. The van der Waals surface area contributed by atoms with Crippen LogP contribution in [0.5, 0.6) is 0 Å². The van der Waals surface area contributed by atoms with Gasteiger partial charge < -0.3 is 14.8 Å². The van der Waals surface area contributed by atoms with Crippen molar-refractivity contribution < 1.29 is 18.0 Å². The van der Waals surface area contributed by atoms with E-state index in [2.05, 4.69) is 15.2 Å². The Morgan fingerprint density at radius 3 is 2.59 bits per heavy atom. The number of fused-ring (bicyclic) bond motifs is 1. The highest BCUT2D eigenvalue weighted by Gasteiger charge is 2.35. The average Bonchev–Trinajstić information content (AvgIpc) is 3.25. The number of hydrogen-bond donors (Lipinski definition) is 1. The van der Waals surface area contributed by atoms with Crippen molar-refractivity contribution in [3.63, 3.8) is 0 Å². The number of piperazine rings is 1. The van der Waals surface area contributed by atoms with Gasteiger partial charge in [-0.05, 0) is 35.0 Å². The summed E-state index contributed by atoms with van der Waals surface area (Å²) in [5, 5.41) is 6.85. The summed E-state index contributed by atoms with van der Waals surface area (Å²) in [5.74, 6) is -0.954. The van der Waals surface area contributed by atoms with E-state index in [1.54, 1.807) is 48.7 Å². The van der Waals surface area contributed by atoms with Crippen molar-refractivity contribution in [2.45, 2.75) is 23.9 Å². The summed E-state index contributed by atoms with van der Waals surface area (Å²) >= 11 is 7.57. The lowest BCUT2D eigenvalue weighted by molar-refractivity contribution is -0.143. The van der Waals surface area contributed by atoms with E-state index in [9.17, 15) is 18.0 Å². The van der Waals surface area contributed by atoms with Gasteiger partial charge >= 0.3 is 0 Å². The van der Waals surface area contributed by atoms with Crippen molar-refractivity contribution in [1.82, 2.24) is 19.7 Å². The fourth-order valence-electron chi connectivity index (χ4n) is 4.52. The Morgan fingerprint density at radius 1 is 1.16 bits per heavy atom. The predicted molar refractivity (Wildman–Crippen MR) is 145 cm³/mol. The number of hydrogen-bond acceptors (Lipinski definition) is 7. The van der Waals surface area contributed by atoms with Gasteiger partial charge in [-0.3, -0.25) is 19.5 Å². The average molecular weight is 564 g/mol. The van der Waals surface area contributed by atoms with Gasteiger partial charge in [0.25, 0.3) is 0 Å². The monoisotopic (exact) mass is 563 g/mol. The maximum absolute atomic E-state index is 13.2. The van der Waals surface area contributed by atoms with Crippen LogP contribution in [0.3, 0.4) is 0 Å². The molecule has 2 aromatic carbocycles. The maximum Gasteiger partial charge on any atom is 0.243 e. The number of thiazole rings is 1. The van der Waals surface area contributed by atoms with Crippen molar-refractivity contribution in [2.75, 3.05) is 39.5 Å². The number of nitrogens with zero attached hydrogens (tertiary/aromatic N) is 4. The van der Waals surface area contributed by atoms with E-state index in [-0.39, 0.29) is 28.9 Å². The summed E-state index contributed by atoms with van der Waals surface area (Å²) in [4.78, 5) is 34.8. The van der Waals surface area contributed by atoms with Gasteiger partial charge in [0.05, 0.1) is 10.6 Å². The molecule has 0 bridgehead atoms. The van der Waals surface area contributed by atoms with Gasteiger partial charge in [0.2, 0.25) is 11.8 Å². The lowest BCUT2D eigenvalue weighted by Crippen LogP contribution is -2.60. The number of likely N-dealkylation sites (N-methyl/N-ethyl adjacent to an activating group) is 1. The topological polar surface area (TPSA) is 104 Å². The van der Waals surface area contributed by atoms with Crippen molar-refractivity contribution >= 4 is 55.4 Å². The molecular formula is C25H30ClN5O4S2. The third-order valence-corrected chi connectivity index (χ3v) is 9.65. The molecule has 12 heteroatoms. The van der Waals surface area contributed by atoms with Crippen molar-refractivity contribution in [2.24, 2.45) is 12.0 Å². The normalized spacial score (nSPS) is 17.4. The van der Waals surface area contributed by atoms with Gasteiger partial charge in [-0.1, -0.05) is 23.7 Å². The minimum absolute atomic E-state index is 0.157. The number of carbonyl (C=O) groups excluding carboxylic acids is 2. The molecule has 1 saturated heterocycles.